The third kappa shape index (κ3) is 32.5. The molecule has 0 saturated carbocycles. The monoisotopic (exact) mass is 1440 g/mol. The predicted molar refractivity (Wildman–Crippen MR) is 348 cm³/mol. The maximum Gasteiger partial charge on any atom is 0.317 e. The lowest BCUT2D eigenvalue weighted by Crippen LogP contribution is -2.59. The molecule has 3 rings (SSSR count). The number of nitrogens with two attached hydrogens (primary N) is 4. The first-order valence-corrected chi connectivity index (χ1v) is 33.9. The minimum absolute atomic E-state index is 0.0157. The van der Waals surface area contributed by atoms with E-state index in [1.165, 1.54) is 9.80 Å². The van der Waals surface area contributed by atoms with Crippen LogP contribution >= 0.6 is 34.2 Å². The van der Waals surface area contributed by atoms with Gasteiger partial charge in [0.15, 0.2) is 5.96 Å². The van der Waals surface area contributed by atoms with Gasteiger partial charge in [0.1, 0.15) is 48.3 Å². The van der Waals surface area contributed by atoms with Crippen molar-refractivity contribution < 1.29 is 102 Å². The summed E-state index contributed by atoms with van der Waals surface area (Å²) in [7, 11) is 1.57. The second kappa shape index (κ2) is 43.7. The second-order valence-corrected chi connectivity index (χ2v) is 25.5. The number of thiol groups is 1. The Balaban J connectivity index is 2.06. The number of nitrogens with zero attached hydrogens (tertiary/aromatic N) is 6. The molecule has 11 amide bonds. The van der Waals surface area contributed by atoms with Crippen LogP contribution in [-0.2, 0) is 76.7 Å². The van der Waals surface area contributed by atoms with Gasteiger partial charge in [-0.3, -0.25) is 101 Å². The molecule has 40 nitrogen and oxygen atoms in total. The quantitative estimate of drug-likeness (QED) is 0.0133. The molecule has 3 heterocycles. The zero-order valence-electron chi connectivity index (χ0n) is 53.1. The Morgan fingerprint density at radius 1 is 0.557 bits per heavy atom. The van der Waals surface area contributed by atoms with Crippen molar-refractivity contribution in [1.29, 1.82) is 0 Å². The van der Waals surface area contributed by atoms with Crippen molar-refractivity contribution in [3.63, 3.8) is 0 Å². The highest BCUT2D eigenvalue weighted by Gasteiger charge is 2.39. The lowest BCUT2D eigenvalue weighted by atomic mass is 10.1. The Labute approximate surface area is 569 Å². The molecule has 3 fully saturated rings. The molecule has 3 aliphatic heterocycles. The van der Waals surface area contributed by atoms with E-state index < -0.39 is 213 Å². The molecule has 544 valence electrons. The van der Waals surface area contributed by atoms with E-state index in [4.69, 9.17) is 22.9 Å². The van der Waals surface area contributed by atoms with Gasteiger partial charge in [-0.15, -0.1) is 0 Å². The summed E-state index contributed by atoms with van der Waals surface area (Å²) in [5.74, 6) is -19.8. The van der Waals surface area contributed by atoms with Crippen molar-refractivity contribution in [2.75, 3.05) is 129 Å². The predicted octanol–water partition coefficient (Wildman–Crippen LogP) is -9.98. The SMILES string of the molecule is NCCCC[C@@H]1NC(=O)[C@H](CC(=O)O)NC(=O)CNC(=O)[C@H](CCCN=C(N)N)NC(=O)[C@@H](NC(=O)[C@@H](CS)NC(=O)CN2CCN(CC(=O)O)CCN(CC(=O)O)CCN(CC(=O)O)CC2)CSSC[C@@H](C(N)=O)NC(=O)[C@H](CC(=O)O)NC(=O)[C@@H]2CCCN2C(=O)CNC1=O. The standard InChI is InChI=1S/C54H89N19O21S3/c55-8-2-1-5-30-48(89)61-22-40(76)73-10-4-7-37(73)53(94)66-33(20-42(79)80)50(91)67-35(46(56)87)28-96-97-29-36(52(93)65-31(6-3-9-59-54(57)58)47(88)60-21-38(74)62-32(19-41(77)78)49(90)64-30)68-51(92)34(27-95)63-39(75)23-69-11-13-70(24-43(81)82)15-17-72(26-45(85)86)18-16-71(14-12-69)25-44(83)84/h30-37,95H,1-29,55H2,(H2,56,87)(H,60,88)(H,61,89)(H,62,74)(H,63,75)(H,64,90)(H,65,93)(H,66,94)(H,67,91)(H,68,92)(H,77,78)(H,79,80)(H,81,82)(H,83,84)(H,85,86)(H4,57,58,59)/t30-,31-,32-,33-,34+,35-,36-,37-/m0/s1. The summed E-state index contributed by atoms with van der Waals surface area (Å²) >= 11 is 4.28. The summed E-state index contributed by atoms with van der Waals surface area (Å²) < 4.78 is 0. The topological polar surface area (TPSA) is 615 Å². The minimum Gasteiger partial charge on any atom is -0.481 e. The van der Waals surface area contributed by atoms with Crippen molar-refractivity contribution in [1.82, 2.24) is 72.4 Å². The van der Waals surface area contributed by atoms with Crippen LogP contribution in [0.1, 0.15) is 57.8 Å². The van der Waals surface area contributed by atoms with Crippen molar-refractivity contribution >= 4 is 135 Å². The maximum absolute atomic E-state index is 14.5. The zero-order chi connectivity index (χ0) is 72.3. The summed E-state index contributed by atoms with van der Waals surface area (Å²) in [6, 6.07) is -13.0. The number of amides is 11. The van der Waals surface area contributed by atoms with Gasteiger partial charge in [0.2, 0.25) is 65.0 Å². The van der Waals surface area contributed by atoms with Crippen molar-refractivity contribution in [2.45, 2.75) is 106 Å². The Morgan fingerprint density at radius 2 is 1.03 bits per heavy atom. The van der Waals surface area contributed by atoms with E-state index in [0.717, 1.165) is 26.5 Å². The van der Waals surface area contributed by atoms with Crippen LogP contribution in [0.3, 0.4) is 0 Å². The highest BCUT2D eigenvalue weighted by molar-refractivity contribution is 8.76. The molecule has 3 aliphatic rings. The number of primary amides is 1. The van der Waals surface area contributed by atoms with Gasteiger partial charge in [-0.05, 0) is 51.5 Å². The molecule has 0 aliphatic carbocycles. The lowest BCUT2D eigenvalue weighted by Gasteiger charge is -2.33. The highest BCUT2D eigenvalue weighted by atomic mass is 33.1. The number of guanidine groups is 1. The van der Waals surface area contributed by atoms with Crippen LogP contribution in [0.4, 0.5) is 0 Å². The summed E-state index contributed by atoms with van der Waals surface area (Å²) in [6.07, 6.45) is -1.70. The van der Waals surface area contributed by atoms with Crippen molar-refractivity contribution in [2.24, 2.45) is 27.9 Å². The number of fused-ring (bicyclic) bond motifs is 1. The van der Waals surface area contributed by atoms with Gasteiger partial charge in [-0.2, -0.15) is 12.6 Å². The van der Waals surface area contributed by atoms with E-state index in [0.29, 0.717) is 6.42 Å². The molecule has 0 unspecified atom stereocenters. The smallest absolute Gasteiger partial charge is 0.317 e. The second-order valence-electron chi connectivity index (χ2n) is 22.6. The summed E-state index contributed by atoms with van der Waals surface area (Å²) in [4.78, 5) is 222. The first kappa shape index (κ1) is 82.9. The van der Waals surface area contributed by atoms with E-state index in [1.807, 2.05) is 0 Å². The highest BCUT2D eigenvalue weighted by Crippen LogP contribution is 2.24. The average molecular weight is 1440 g/mol. The van der Waals surface area contributed by atoms with Crippen LogP contribution < -0.4 is 70.8 Å². The molecular formula is C54H89N19O21S3. The number of carboxylic acids is 5. The first-order chi connectivity index (χ1) is 45.9. The van der Waals surface area contributed by atoms with Gasteiger partial charge in [-0.25, -0.2) is 0 Å². The van der Waals surface area contributed by atoms with Crippen molar-refractivity contribution in [3.8, 4) is 0 Å². The van der Waals surface area contributed by atoms with Crippen molar-refractivity contribution in [3.05, 3.63) is 0 Å². The van der Waals surface area contributed by atoms with Gasteiger partial charge >= 0.3 is 29.8 Å². The number of unbranched alkanes of at least 4 members (excludes halogenated alkanes) is 1. The maximum atomic E-state index is 14.5. The number of hydrogen-bond acceptors (Lipinski definition) is 25. The number of carbonyl (C=O) groups is 16. The van der Waals surface area contributed by atoms with Crippen LogP contribution in [0, 0.1) is 0 Å². The molecule has 3 saturated heterocycles. The van der Waals surface area contributed by atoms with Gasteiger partial charge in [0.25, 0.3) is 0 Å². The molecule has 0 aromatic rings. The van der Waals surface area contributed by atoms with E-state index in [9.17, 15) is 102 Å². The fraction of sp³-hybridized carbons (Fsp3) is 0.685. The average Bonchev–Trinajstić information content (AvgIpc) is 1.79. The minimum atomic E-state index is -1.89. The van der Waals surface area contributed by atoms with Gasteiger partial charge in [0.05, 0.1) is 52.1 Å². The fourth-order valence-corrected chi connectivity index (χ4v) is 12.6. The fourth-order valence-electron chi connectivity index (χ4n) is 9.95. The van der Waals surface area contributed by atoms with Crippen LogP contribution in [0.15, 0.2) is 4.99 Å². The first-order valence-electron chi connectivity index (χ1n) is 30.7. The molecule has 0 spiro atoms. The normalized spacial score (nSPS) is 23.5. The van der Waals surface area contributed by atoms with Crippen LogP contribution in [0.2, 0.25) is 0 Å². The third-order valence-electron chi connectivity index (χ3n) is 15.0. The molecule has 0 radical (unpaired) electrons. The third-order valence-corrected chi connectivity index (χ3v) is 17.8. The Hall–Kier alpha value is -8.36. The number of hydrogen-bond donors (Lipinski definition) is 19. The van der Waals surface area contributed by atoms with E-state index in [1.54, 1.807) is 9.80 Å². The molecule has 0 bridgehead atoms. The van der Waals surface area contributed by atoms with E-state index >= 15 is 0 Å². The number of carboxylic acid groups (broad SMARTS) is 5. The molecule has 8 atom stereocenters. The molecular weight excluding hydrogens is 1350 g/mol. The van der Waals surface area contributed by atoms with E-state index in [2.05, 4.69) is 65.5 Å². The molecule has 97 heavy (non-hydrogen) atoms. The van der Waals surface area contributed by atoms with Gasteiger partial charge in [-0.1, -0.05) is 21.6 Å². The van der Waals surface area contributed by atoms with Crippen LogP contribution in [0.5, 0.6) is 0 Å². The summed E-state index contributed by atoms with van der Waals surface area (Å²) in [5, 5.41) is 69.8. The zero-order valence-corrected chi connectivity index (χ0v) is 55.7. The van der Waals surface area contributed by atoms with Crippen LogP contribution in [0.25, 0.3) is 0 Å². The Bertz CT molecular complexity index is 2800. The summed E-state index contributed by atoms with van der Waals surface area (Å²) in [5.41, 5.74) is 22.3. The molecule has 43 heteroatoms. The van der Waals surface area contributed by atoms with Gasteiger partial charge < -0.3 is 101 Å². The number of nitrogens with one attached hydrogen (secondary N) is 9. The number of carbonyl (C=O) groups excluding carboxylic acids is 11. The number of aliphatic imine (C=N–C) groups is 1. The molecule has 22 N–H and O–H groups in total. The molecule has 0 aromatic heterocycles. The summed E-state index contributed by atoms with van der Waals surface area (Å²) in [6.45, 7) is -3.03. The number of rotatable bonds is 25. The molecule has 0 aromatic carbocycles. The van der Waals surface area contributed by atoms with E-state index in [-0.39, 0.29) is 116 Å². The number of aliphatic carboxylic acids is 5. The Morgan fingerprint density at radius 3 is 1.53 bits per heavy atom. The van der Waals surface area contributed by atoms with Gasteiger partial charge in [0, 0.05) is 82.7 Å². The van der Waals surface area contributed by atoms with Crippen LogP contribution in [-0.4, -0.2) is 328 Å². The Kier molecular flexibility index (Phi) is 37.4. The lowest BCUT2D eigenvalue weighted by molar-refractivity contribution is -0.143. The largest absolute Gasteiger partial charge is 0.481 e.